The smallest absolute Gasteiger partial charge is 0.242 e. The third-order valence-corrected chi connectivity index (χ3v) is 5.62. The molecule has 0 fully saturated rings. The number of hydrogen-bond acceptors (Lipinski definition) is 5. The van der Waals surface area contributed by atoms with E-state index in [1.54, 1.807) is 0 Å². The zero-order chi connectivity index (χ0) is 15.5. The van der Waals surface area contributed by atoms with E-state index >= 15 is 0 Å². The number of hydrogen-bond donors (Lipinski definition) is 1. The second-order valence-corrected chi connectivity index (χ2v) is 7.37. The van der Waals surface area contributed by atoms with Crippen molar-refractivity contribution in [3.8, 4) is 6.07 Å². The van der Waals surface area contributed by atoms with Crippen LogP contribution in [0, 0.1) is 18.3 Å². The predicted molar refractivity (Wildman–Crippen MR) is 81.9 cm³/mol. The molecule has 0 spiro atoms. The van der Waals surface area contributed by atoms with Crippen molar-refractivity contribution in [2.45, 2.75) is 18.2 Å². The van der Waals surface area contributed by atoms with E-state index in [4.69, 9.17) is 16.9 Å². The molecule has 1 N–H and O–H groups in total. The van der Waals surface area contributed by atoms with Gasteiger partial charge in [0.25, 0.3) is 0 Å². The van der Waals surface area contributed by atoms with Gasteiger partial charge in [0.1, 0.15) is 4.90 Å². The van der Waals surface area contributed by atoms with Crippen molar-refractivity contribution in [1.29, 1.82) is 5.26 Å². The molecule has 2 aromatic rings. The summed E-state index contributed by atoms with van der Waals surface area (Å²) in [7, 11) is -3.74. The van der Waals surface area contributed by atoms with E-state index in [1.165, 1.54) is 29.5 Å². The van der Waals surface area contributed by atoms with Gasteiger partial charge < -0.3 is 0 Å². The molecule has 0 radical (unpaired) electrons. The molecule has 110 valence electrons. The molecule has 5 nitrogen and oxygen atoms in total. The summed E-state index contributed by atoms with van der Waals surface area (Å²) < 4.78 is 26.9. The van der Waals surface area contributed by atoms with Crippen LogP contribution >= 0.6 is 22.9 Å². The first-order chi connectivity index (χ1) is 9.92. The Morgan fingerprint density at radius 3 is 2.86 bits per heavy atom. The minimum Gasteiger partial charge on any atom is -0.247 e. The van der Waals surface area contributed by atoms with Crippen molar-refractivity contribution in [2.24, 2.45) is 0 Å². The number of halogens is 1. The molecule has 0 saturated carbocycles. The van der Waals surface area contributed by atoms with Crippen LogP contribution in [0.25, 0.3) is 0 Å². The van der Waals surface area contributed by atoms with E-state index in [0.29, 0.717) is 6.42 Å². The van der Waals surface area contributed by atoms with Crippen LogP contribution < -0.4 is 4.72 Å². The lowest BCUT2D eigenvalue weighted by Gasteiger charge is -2.08. The average Bonchev–Trinajstić information content (AvgIpc) is 2.84. The first-order valence-electron chi connectivity index (χ1n) is 6.03. The molecule has 21 heavy (non-hydrogen) atoms. The highest BCUT2D eigenvalue weighted by atomic mass is 35.5. The van der Waals surface area contributed by atoms with Gasteiger partial charge in [0.2, 0.25) is 10.0 Å². The summed E-state index contributed by atoms with van der Waals surface area (Å²) in [6, 6.07) is 6.03. The zero-order valence-electron chi connectivity index (χ0n) is 11.1. The molecule has 0 unspecified atom stereocenters. The molecular formula is C13H12ClN3O2S2. The molecule has 0 bridgehead atoms. The minimum absolute atomic E-state index is 0.0847. The summed E-state index contributed by atoms with van der Waals surface area (Å²) in [5.74, 6) is 0. The Bertz CT molecular complexity index is 794. The third-order valence-electron chi connectivity index (χ3n) is 2.65. The SMILES string of the molecule is Cc1csc(CCNS(=O)(=O)c2cc(C#N)ccc2Cl)n1. The summed E-state index contributed by atoms with van der Waals surface area (Å²) in [6.45, 7) is 2.11. The molecule has 1 heterocycles. The molecule has 0 aliphatic rings. The first kappa shape index (κ1) is 15.9. The van der Waals surface area contributed by atoms with Gasteiger partial charge in [-0.25, -0.2) is 18.1 Å². The molecule has 0 aliphatic heterocycles. The second-order valence-electron chi connectivity index (χ2n) is 4.29. The van der Waals surface area contributed by atoms with Gasteiger partial charge in [0.15, 0.2) is 0 Å². The lowest BCUT2D eigenvalue weighted by atomic mass is 10.2. The molecule has 0 atom stereocenters. The average molecular weight is 342 g/mol. The van der Waals surface area contributed by atoms with Gasteiger partial charge in [0, 0.05) is 24.0 Å². The quantitative estimate of drug-likeness (QED) is 0.905. The number of benzene rings is 1. The molecule has 1 aromatic carbocycles. The van der Waals surface area contributed by atoms with Crippen molar-refractivity contribution in [3.63, 3.8) is 0 Å². The van der Waals surface area contributed by atoms with Crippen LogP contribution in [0.5, 0.6) is 0 Å². The predicted octanol–water partition coefficient (Wildman–Crippen LogP) is 2.50. The lowest BCUT2D eigenvalue weighted by Crippen LogP contribution is -2.26. The molecule has 0 aliphatic carbocycles. The summed E-state index contributed by atoms with van der Waals surface area (Å²) in [5, 5.41) is 11.7. The highest BCUT2D eigenvalue weighted by Crippen LogP contribution is 2.22. The van der Waals surface area contributed by atoms with Crippen LogP contribution in [0.3, 0.4) is 0 Å². The standard InChI is InChI=1S/C13H12ClN3O2S2/c1-9-8-20-13(17-9)4-5-16-21(18,19)12-6-10(7-15)2-3-11(12)14/h2-3,6,8,16H,4-5H2,1H3. The number of nitrogens with one attached hydrogen (secondary N) is 1. The van der Waals surface area contributed by atoms with Crippen molar-refractivity contribution in [2.75, 3.05) is 6.54 Å². The third kappa shape index (κ3) is 4.02. The van der Waals surface area contributed by atoms with Crippen molar-refractivity contribution in [1.82, 2.24) is 9.71 Å². The highest BCUT2D eigenvalue weighted by molar-refractivity contribution is 7.89. The molecular weight excluding hydrogens is 330 g/mol. The number of sulfonamides is 1. The Morgan fingerprint density at radius 1 is 1.48 bits per heavy atom. The molecule has 0 saturated heterocycles. The van der Waals surface area contributed by atoms with E-state index in [0.717, 1.165) is 10.7 Å². The largest absolute Gasteiger partial charge is 0.247 e. The van der Waals surface area contributed by atoms with Crippen LogP contribution in [0.4, 0.5) is 0 Å². The van der Waals surface area contributed by atoms with Crippen LogP contribution in [0.15, 0.2) is 28.5 Å². The maximum absolute atomic E-state index is 12.2. The fraction of sp³-hybridized carbons (Fsp3) is 0.231. The van der Waals surface area contributed by atoms with E-state index in [9.17, 15) is 8.42 Å². The van der Waals surface area contributed by atoms with E-state index in [1.807, 2.05) is 18.4 Å². The van der Waals surface area contributed by atoms with Gasteiger partial charge in [-0.05, 0) is 25.1 Å². The topological polar surface area (TPSA) is 82.9 Å². The summed E-state index contributed by atoms with van der Waals surface area (Å²) in [6.07, 6.45) is 0.507. The van der Waals surface area contributed by atoms with Gasteiger partial charge in [-0.3, -0.25) is 0 Å². The van der Waals surface area contributed by atoms with E-state index in [2.05, 4.69) is 9.71 Å². The zero-order valence-corrected chi connectivity index (χ0v) is 13.5. The number of aromatic nitrogens is 1. The van der Waals surface area contributed by atoms with Crippen LogP contribution in [0.1, 0.15) is 16.3 Å². The second kappa shape index (κ2) is 6.54. The molecule has 2 rings (SSSR count). The Balaban J connectivity index is 2.10. The van der Waals surface area contributed by atoms with Crippen molar-refractivity contribution in [3.05, 3.63) is 44.9 Å². The Hall–Kier alpha value is -1.46. The van der Waals surface area contributed by atoms with Crippen molar-refractivity contribution >= 4 is 33.0 Å². The monoisotopic (exact) mass is 341 g/mol. The maximum Gasteiger partial charge on any atom is 0.242 e. The Kier molecular flexibility index (Phi) is 4.96. The number of nitrogens with zero attached hydrogens (tertiary/aromatic N) is 2. The summed E-state index contributed by atoms with van der Waals surface area (Å²) >= 11 is 7.39. The van der Waals surface area contributed by atoms with E-state index < -0.39 is 10.0 Å². The van der Waals surface area contributed by atoms with E-state index in [-0.39, 0.29) is 22.0 Å². The van der Waals surface area contributed by atoms with Crippen molar-refractivity contribution < 1.29 is 8.42 Å². The maximum atomic E-state index is 12.2. The lowest BCUT2D eigenvalue weighted by molar-refractivity contribution is 0.581. The number of rotatable bonds is 5. The Morgan fingerprint density at radius 2 is 2.24 bits per heavy atom. The fourth-order valence-electron chi connectivity index (χ4n) is 1.67. The number of thiazole rings is 1. The van der Waals surface area contributed by atoms with Gasteiger partial charge in [-0.15, -0.1) is 11.3 Å². The Labute approximate surface area is 132 Å². The molecule has 1 aromatic heterocycles. The van der Waals surface area contributed by atoms with Gasteiger partial charge in [-0.1, -0.05) is 11.6 Å². The van der Waals surface area contributed by atoms with Gasteiger partial charge >= 0.3 is 0 Å². The van der Waals surface area contributed by atoms with Crippen LogP contribution in [-0.4, -0.2) is 19.9 Å². The van der Waals surface area contributed by atoms with Gasteiger partial charge in [0.05, 0.1) is 21.7 Å². The first-order valence-corrected chi connectivity index (χ1v) is 8.77. The summed E-state index contributed by atoms with van der Waals surface area (Å²) in [5.41, 5.74) is 1.16. The normalized spacial score (nSPS) is 11.3. The summed E-state index contributed by atoms with van der Waals surface area (Å²) in [4.78, 5) is 4.18. The van der Waals surface area contributed by atoms with Crippen LogP contribution in [0.2, 0.25) is 5.02 Å². The van der Waals surface area contributed by atoms with Crippen LogP contribution in [-0.2, 0) is 16.4 Å². The van der Waals surface area contributed by atoms with Gasteiger partial charge in [-0.2, -0.15) is 5.26 Å². The fourth-order valence-corrected chi connectivity index (χ4v) is 4.00. The number of aryl methyl sites for hydroxylation is 1. The molecule has 8 heteroatoms. The molecule has 0 amide bonds. The number of nitriles is 1. The highest BCUT2D eigenvalue weighted by Gasteiger charge is 2.18. The minimum atomic E-state index is -3.74.